The molecule has 1 amide bonds. The number of nitro benzene ring substituents is 1. The number of hydrogen-bond acceptors (Lipinski definition) is 10. The van der Waals surface area contributed by atoms with Gasteiger partial charge >= 0.3 is 11.9 Å². The van der Waals surface area contributed by atoms with Crippen molar-refractivity contribution in [3.05, 3.63) is 92.4 Å². The van der Waals surface area contributed by atoms with Gasteiger partial charge in [-0.2, -0.15) is 5.26 Å². The molecule has 178 valence electrons. The molecule has 1 unspecified atom stereocenters. The molecular formula is C23H19N5O7. The van der Waals surface area contributed by atoms with Crippen LogP contribution in [0.4, 0.5) is 11.4 Å². The lowest BCUT2D eigenvalue weighted by molar-refractivity contribution is -0.385. The van der Waals surface area contributed by atoms with Gasteiger partial charge in [-0.25, -0.2) is 9.59 Å². The first-order chi connectivity index (χ1) is 16.7. The lowest BCUT2D eigenvalue weighted by Crippen LogP contribution is -2.41. The first-order valence-corrected chi connectivity index (χ1v) is 9.92. The van der Waals surface area contributed by atoms with Crippen LogP contribution in [0.1, 0.15) is 21.8 Å². The van der Waals surface area contributed by atoms with Crippen LogP contribution >= 0.6 is 0 Å². The number of rotatable bonds is 6. The molecule has 0 spiro atoms. The topological polar surface area (TPSA) is 192 Å². The molecule has 1 aliphatic heterocycles. The maximum Gasteiger partial charge on any atom is 0.355 e. The summed E-state index contributed by atoms with van der Waals surface area (Å²) >= 11 is 0. The van der Waals surface area contributed by atoms with Crippen molar-refractivity contribution in [2.45, 2.75) is 5.92 Å². The van der Waals surface area contributed by atoms with Crippen molar-refractivity contribution in [2.24, 2.45) is 11.5 Å². The van der Waals surface area contributed by atoms with Crippen LogP contribution < -0.4 is 16.4 Å². The summed E-state index contributed by atoms with van der Waals surface area (Å²) in [6.07, 6.45) is 0. The highest BCUT2D eigenvalue weighted by Gasteiger charge is 2.44. The number of nitrogens with two attached hydrogens (primary N) is 2. The Morgan fingerprint density at radius 3 is 2.20 bits per heavy atom. The summed E-state index contributed by atoms with van der Waals surface area (Å²) in [5.74, 6) is -4.77. The summed E-state index contributed by atoms with van der Waals surface area (Å²) in [4.78, 5) is 50.0. The standard InChI is InChI=1S/C23H19N5O7/c1-34-22(30)18-16(12-7-4-3-5-8-12)13(11-24)20(25)27(19(18)23(31)35-2)14-9-6-10-15(28(32)33)17(14)21(26)29/h3-10,16H,25H2,1-2H3,(H2,26,29). The number of anilines is 1. The van der Waals surface area contributed by atoms with Crippen LogP contribution in [-0.2, 0) is 19.1 Å². The van der Waals surface area contributed by atoms with Crippen LogP contribution in [0.25, 0.3) is 0 Å². The number of nitro groups is 1. The Morgan fingerprint density at radius 2 is 1.69 bits per heavy atom. The molecule has 0 bridgehead atoms. The quantitative estimate of drug-likeness (QED) is 0.351. The van der Waals surface area contributed by atoms with Crippen LogP contribution in [0, 0.1) is 21.4 Å². The average molecular weight is 477 g/mol. The van der Waals surface area contributed by atoms with E-state index in [0.717, 1.165) is 25.2 Å². The van der Waals surface area contributed by atoms with E-state index < -0.39 is 45.6 Å². The normalized spacial score (nSPS) is 15.3. The van der Waals surface area contributed by atoms with Crippen LogP contribution in [0.2, 0.25) is 0 Å². The smallest absolute Gasteiger partial charge is 0.355 e. The number of benzene rings is 2. The fraction of sp³-hybridized carbons (Fsp3) is 0.130. The Balaban J connectivity index is 2.52. The van der Waals surface area contributed by atoms with Gasteiger partial charge in [0, 0.05) is 6.07 Å². The van der Waals surface area contributed by atoms with E-state index in [1.807, 2.05) is 6.07 Å². The molecule has 1 atom stereocenters. The molecule has 1 heterocycles. The Hall–Kier alpha value is -5.18. The Morgan fingerprint density at radius 1 is 1.06 bits per heavy atom. The second-order valence-corrected chi connectivity index (χ2v) is 7.13. The molecule has 12 nitrogen and oxygen atoms in total. The number of methoxy groups -OCH3 is 2. The Labute approximate surface area is 198 Å². The third kappa shape index (κ3) is 4.13. The SMILES string of the molecule is COC(=O)C1=C(C(=O)OC)N(c2cccc([N+](=O)[O-])c2C(N)=O)C(N)=C(C#N)C1c1ccccc1. The summed E-state index contributed by atoms with van der Waals surface area (Å²) < 4.78 is 9.80. The van der Waals surface area contributed by atoms with Gasteiger partial charge in [0.05, 0.1) is 48.0 Å². The minimum atomic E-state index is -1.20. The third-order valence-corrected chi connectivity index (χ3v) is 5.31. The van der Waals surface area contributed by atoms with Gasteiger partial charge in [-0.3, -0.25) is 19.8 Å². The van der Waals surface area contributed by atoms with Gasteiger partial charge in [-0.1, -0.05) is 36.4 Å². The summed E-state index contributed by atoms with van der Waals surface area (Å²) in [7, 11) is 2.12. The lowest BCUT2D eigenvalue weighted by Gasteiger charge is -2.36. The zero-order valence-electron chi connectivity index (χ0n) is 18.6. The first-order valence-electron chi connectivity index (χ1n) is 9.92. The first kappa shape index (κ1) is 24.5. The van der Waals surface area contributed by atoms with Crippen molar-refractivity contribution in [3.8, 4) is 6.07 Å². The molecule has 0 aliphatic carbocycles. The zero-order chi connectivity index (χ0) is 25.9. The fourth-order valence-electron chi connectivity index (χ4n) is 3.88. The maximum absolute atomic E-state index is 13.1. The zero-order valence-corrected chi connectivity index (χ0v) is 18.6. The molecule has 0 radical (unpaired) electrons. The molecule has 2 aromatic rings. The number of nitriles is 1. The molecular weight excluding hydrogens is 458 g/mol. The highest BCUT2D eigenvalue weighted by atomic mass is 16.6. The van der Waals surface area contributed by atoms with E-state index in [0.29, 0.717) is 5.56 Å². The van der Waals surface area contributed by atoms with Crippen LogP contribution in [0.3, 0.4) is 0 Å². The predicted molar refractivity (Wildman–Crippen MR) is 121 cm³/mol. The molecule has 0 saturated heterocycles. The monoisotopic (exact) mass is 477 g/mol. The largest absolute Gasteiger partial charge is 0.466 e. The number of carbonyl (C=O) groups excluding carboxylic acids is 3. The van der Waals surface area contributed by atoms with Crippen LogP contribution in [0.15, 0.2) is 71.2 Å². The molecule has 0 aromatic heterocycles. The number of ether oxygens (including phenoxy) is 2. The molecule has 0 fully saturated rings. The summed E-state index contributed by atoms with van der Waals surface area (Å²) in [6.45, 7) is 0. The molecule has 3 rings (SSSR count). The predicted octanol–water partition coefficient (Wildman–Crippen LogP) is 1.59. The third-order valence-electron chi connectivity index (χ3n) is 5.31. The van der Waals surface area contributed by atoms with Gasteiger partial charge in [0.1, 0.15) is 17.1 Å². The van der Waals surface area contributed by atoms with Gasteiger partial charge in [0.2, 0.25) is 0 Å². The second-order valence-electron chi connectivity index (χ2n) is 7.13. The van der Waals surface area contributed by atoms with Crippen LogP contribution in [-0.4, -0.2) is 37.0 Å². The van der Waals surface area contributed by atoms with Crippen molar-refractivity contribution in [3.63, 3.8) is 0 Å². The summed E-state index contributed by atoms with van der Waals surface area (Å²) in [6, 6.07) is 13.7. The highest BCUT2D eigenvalue weighted by molar-refractivity contribution is 6.09. The number of carbonyl (C=O) groups is 3. The fourth-order valence-corrected chi connectivity index (χ4v) is 3.88. The van der Waals surface area contributed by atoms with Crippen molar-refractivity contribution >= 4 is 29.2 Å². The van der Waals surface area contributed by atoms with E-state index in [2.05, 4.69) is 0 Å². The maximum atomic E-state index is 13.1. The van der Waals surface area contributed by atoms with Crippen molar-refractivity contribution in [1.82, 2.24) is 0 Å². The average Bonchev–Trinajstić information content (AvgIpc) is 2.86. The van der Waals surface area contributed by atoms with E-state index in [1.54, 1.807) is 30.3 Å². The van der Waals surface area contributed by atoms with Gasteiger partial charge in [0.15, 0.2) is 0 Å². The van der Waals surface area contributed by atoms with Crippen molar-refractivity contribution < 1.29 is 28.8 Å². The summed E-state index contributed by atoms with van der Waals surface area (Å²) in [5.41, 5.74) is 9.67. The van der Waals surface area contributed by atoms with E-state index in [1.165, 1.54) is 12.1 Å². The number of amides is 1. The number of primary amides is 1. The second kappa shape index (κ2) is 9.75. The van der Waals surface area contributed by atoms with E-state index in [9.17, 15) is 29.8 Å². The number of allylic oxidation sites excluding steroid dienone is 1. The van der Waals surface area contributed by atoms with Gasteiger partial charge in [-0.15, -0.1) is 0 Å². The van der Waals surface area contributed by atoms with Gasteiger partial charge in [-0.05, 0) is 11.6 Å². The minimum absolute atomic E-state index is 0.175. The summed E-state index contributed by atoms with van der Waals surface area (Å²) in [5, 5.41) is 21.6. The van der Waals surface area contributed by atoms with Gasteiger partial charge < -0.3 is 20.9 Å². The number of esters is 2. The van der Waals surface area contributed by atoms with E-state index in [4.69, 9.17) is 20.9 Å². The van der Waals surface area contributed by atoms with Crippen molar-refractivity contribution in [2.75, 3.05) is 19.1 Å². The van der Waals surface area contributed by atoms with E-state index in [-0.39, 0.29) is 22.7 Å². The van der Waals surface area contributed by atoms with E-state index >= 15 is 0 Å². The molecule has 4 N–H and O–H groups in total. The molecule has 12 heteroatoms. The molecule has 1 aliphatic rings. The highest BCUT2D eigenvalue weighted by Crippen LogP contribution is 2.44. The molecule has 2 aromatic carbocycles. The Kier molecular flexibility index (Phi) is 6.82. The molecule has 0 saturated carbocycles. The Bertz CT molecular complexity index is 1340. The van der Waals surface area contributed by atoms with Gasteiger partial charge in [0.25, 0.3) is 11.6 Å². The minimum Gasteiger partial charge on any atom is -0.466 e. The number of hydrogen-bond donors (Lipinski definition) is 2. The number of nitrogens with zero attached hydrogens (tertiary/aromatic N) is 3. The molecule has 35 heavy (non-hydrogen) atoms. The van der Waals surface area contributed by atoms with Crippen molar-refractivity contribution in [1.29, 1.82) is 5.26 Å². The van der Waals surface area contributed by atoms with Crippen LogP contribution in [0.5, 0.6) is 0 Å². The lowest BCUT2D eigenvalue weighted by atomic mass is 9.80.